The van der Waals surface area contributed by atoms with Crippen molar-refractivity contribution in [2.24, 2.45) is 5.92 Å². The maximum atomic E-state index is 12.4. The van der Waals surface area contributed by atoms with Crippen LogP contribution in [0.15, 0.2) is 30.3 Å². The summed E-state index contributed by atoms with van der Waals surface area (Å²) in [5.41, 5.74) is 1.26. The highest BCUT2D eigenvalue weighted by Crippen LogP contribution is 2.35. The van der Waals surface area contributed by atoms with Gasteiger partial charge in [-0.1, -0.05) is 43.2 Å². The van der Waals surface area contributed by atoms with E-state index in [1.807, 2.05) is 6.07 Å². The van der Waals surface area contributed by atoms with Crippen LogP contribution < -0.4 is 10.6 Å². The number of hydrogen-bond donors (Lipinski definition) is 2. The van der Waals surface area contributed by atoms with Crippen molar-refractivity contribution in [1.82, 2.24) is 10.6 Å². The summed E-state index contributed by atoms with van der Waals surface area (Å²) < 4.78 is 0. The van der Waals surface area contributed by atoms with Gasteiger partial charge in [-0.3, -0.25) is 4.79 Å². The van der Waals surface area contributed by atoms with E-state index in [2.05, 4.69) is 34.9 Å². The average molecular weight is 286 g/mol. The fraction of sp³-hybridized carbons (Fsp3) is 0.611. The van der Waals surface area contributed by atoms with Crippen LogP contribution >= 0.6 is 0 Å². The van der Waals surface area contributed by atoms with E-state index in [9.17, 15) is 4.79 Å². The molecule has 1 heterocycles. The molecule has 3 rings (SSSR count). The Kier molecular flexibility index (Phi) is 4.91. The second kappa shape index (κ2) is 7.08. The summed E-state index contributed by atoms with van der Waals surface area (Å²) in [6, 6.07) is 11.1. The van der Waals surface area contributed by atoms with Gasteiger partial charge in [0.15, 0.2) is 0 Å². The van der Waals surface area contributed by atoms with Gasteiger partial charge in [-0.05, 0) is 43.7 Å². The van der Waals surface area contributed by atoms with Crippen LogP contribution in [0, 0.1) is 5.92 Å². The van der Waals surface area contributed by atoms with Gasteiger partial charge in [0.25, 0.3) is 0 Å². The number of rotatable bonds is 5. The summed E-state index contributed by atoms with van der Waals surface area (Å²) in [5, 5.41) is 6.73. The van der Waals surface area contributed by atoms with Crippen molar-refractivity contribution >= 4 is 5.91 Å². The standard InChI is InChI=1S/C18H26N2O/c21-17(13-16-11-6-12-19-16)20-18(15-9-4-5-10-15)14-7-2-1-3-8-14/h1-3,7-8,15-16,18-19H,4-6,9-13H2,(H,20,21). The molecule has 0 aromatic heterocycles. The number of nitrogens with one attached hydrogen (secondary N) is 2. The van der Waals surface area contributed by atoms with Crippen LogP contribution in [0.25, 0.3) is 0 Å². The minimum Gasteiger partial charge on any atom is -0.349 e. The summed E-state index contributed by atoms with van der Waals surface area (Å²) in [7, 11) is 0. The normalized spacial score (nSPS) is 24.1. The van der Waals surface area contributed by atoms with Gasteiger partial charge in [-0.15, -0.1) is 0 Å². The summed E-state index contributed by atoms with van der Waals surface area (Å²) in [6.45, 7) is 1.06. The maximum absolute atomic E-state index is 12.4. The zero-order valence-electron chi connectivity index (χ0n) is 12.7. The van der Waals surface area contributed by atoms with E-state index in [4.69, 9.17) is 0 Å². The zero-order chi connectivity index (χ0) is 14.5. The average Bonchev–Trinajstić information content (AvgIpc) is 3.19. The molecule has 1 saturated heterocycles. The van der Waals surface area contributed by atoms with Gasteiger partial charge in [0.05, 0.1) is 6.04 Å². The molecule has 2 aliphatic rings. The van der Waals surface area contributed by atoms with Crippen LogP contribution in [-0.4, -0.2) is 18.5 Å². The van der Waals surface area contributed by atoms with Crippen LogP contribution in [0.2, 0.25) is 0 Å². The molecule has 21 heavy (non-hydrogen) atoms. The van der Waals surface area contributed by atoms with Gasteiger partial charge in [0.2, 0.25) is 5.91 Å². The summed E-state index contributed by atoms with van der Waals surface area (Å²) in [6.07, 6.45) is 8.02. The lowest BCUT2D eigenvalue weighted by Crippen LogP contribution is -2.36. The van der Waals surface area contributed by atoms with Crippen molar-refractivity contribution in [3.05, 3.63) is 35.9 Å². The third-order valence-corrected chi connectivity index (χ3v) is 4.94. The molecule has 1 aromatic carbocycles. The number of benzene rings is 1. The van der Waals surface area contributed by atoms with Gasteiger partial charge in [0, 0.05) is 12.5 Å². The van der Waals surface area contributed by atoms with Gasteiger partial charge < -0.3 is 10.6 Å². The highest BCUT2D eigenvalue weighted by Gasteiger charge is 2.28. The topological polar surface area (TPSA) is 41.1 Å². The Balaban J connectivity index is 1.65. The molecule has 2 unspecified atom stereocenters. The van der Waals surface area contributed by atoms with Crippen molar-refractivity contribution in [1.29, 1.82) is 0 Å². The molecule has 2 atom stereocenters. The third-order valence-electron chi connectivity index (χ3n) is 4.94. The highest BCUT2D eigenvalue weighted by atomic mass is 16.1. The molecule has 1 saturated carbocycles. The van der Waals surface area contributed by atoms with Crippen molar-refractivity contribution in [3.63, 3.8) is 0 Å². The SMILES string of the molecule is O=C(CC1CCCN1)NC(c1ccccc1)C1CCCC1. The van der Waals surface area contributed by atoms with Crippen LogP contribution in [0.3, 0.4) is 0 Å². The zero-order valence-corrected chi connectivity index (χ0v) is 12.7. The maximum Gasteiger partial charge on any atom is 0.222 e. The molecule has 0 spiro atoms. The lowest BCUT2D eigenvalue weighted by atomic mass is 9.91. The van der Waals surface area contributed by atoms with E-state index in [1.165, 1.54) is 37.7 Å². The molecule has 0 bridgehead atoms. The fourth-order valence-corrected chi connectivity index (χ4v) is 3.81. The van der Waals surface area contributed by atoms with Crippen LogP contribution in [0.4, 0.5) is 0 Å². The van der Waals surface area contributed by atoms with E-state index in [0.717, 1.165) is 13.0 Å². The monoisotopic (exact) mass is 286 g/mol. The van der Waals surface area contributed by atoms with Gasteiger partial charge in [0.1, 0.15) is 0 Å². The van der Waals surface area contributed by atoms with Crippen molar-refractivity contribution in [2.45, 2.75) is 57.0 Å². The summed E-state index contributed by atoms with van der Waals surface area (Å²) in [4.78, 5) is 12.4. The van der Waals surface area contributed by atoms with Gasteiger partial charge >= 0.3 is 0 Å². The number of carbonyl (C=O) groups excluding carboxylic acids is 1. The Morgan fingerprint density at radius 3 is 2.57 bits per heavy atom. The second-order valence-corrected chi connectivity index (χ2v) is 6.50. The molecular formula is C18H26N2O. The summed E-state index contributed by atoms with van der Waals surface area (Å²) in [5.74, 6) is 0.808. The number of hydrogen-bond acceptors (Lipinski definition) is 2. The van der Waals surface area contributed by atoms with Crippen LogP contribution in [-0.2, 0) is 4.79 Å². The largest absolute Gasteiger partial charge is 0.349 e. The van der Waals surface area contributed by atoms with Crippen LogP contribution in [0.1, 0.15) is 56.6 Å². The molecular weight excluding hydrogens is 260 g/mol. The molecule has 1 aliphatic carbocycles. The summed E-state index contributed by atoms with van der Waals surface area (Å²) >= 11 is 0. The lowest BCUT2D eigenvalue weighted by molar-refractivity contribution is -0.122. The Bertz CT molecular complexity index is 448. The molecule has 1 amide bonds. The second-order valence-electron chi connectivity index (χ2n) is 6.50. The Morgan fingerprint density at radius 1 is 1.14 bits per heavy atom. The first-order valence-corrected chi connectivity index (χ1v) is 8.40. The predicted octanol–water partition coefficient (Wildman–Crippen LogP) is 3.18. The molecule has 1 aliphatic heterocycles. The number of amides is 1. The third kappa shape index (κ3) is 3.85. The Labute approximate surface area is 127 Å². The highest BCUT2D eigenvalue weighted by molar-refractivity contribution is 5.77. The quantitative estimate of drug-likeness (QED) is 0.873. The molecule has 1 aromatic rings. The van der Waals surface area contributed by atoms with E-state index < -0.39 is 0 Å². The van der Waals surface area contributed by atoms with E-state index in [1.54, 1.807) is 0 Å². The lowest BCUT2D eigenvalue weighted by Gasteiger charge is -2.26. The van der Waals surface area contributed by atoms with E-state index in [-0.39, 0.29) is 11.9 Å². The van der Waals surface area contributed by atoms with Gasteiger partial charge in [-0.2, -0.15) is 0 Å². The first-order chi connectivity index (χ1) is 10.3. The first-order valence-electron chi connectivity index (χ1n) is 8.40. The van der Waals surface area contributed by atoms with Crippen molar-refractivity contribution in [3.8, 4) is 0 Å². The Hall–Kier alpha value is -1.35. The molecule has 3 heteroatoms. The number of carbonyl (C=O) groups is 1. The molecule has 2 fully saturated rings. The van der Waals surface area contributed by atoms with Crippen molar-refractivity contribution < 1.29 is 4.79 Å². The molecule has 2 N–H and O–H groups in total. The van der Waals surface area contributed by atoms with Crippen molar-refractivity contribution in [2.75, 3.05) is 6.54 Å². The molecule has 114 valence electrons. The van der Waals surface area contributed by atoms with Crippen LogP contribution in [0.5, 0.6) is 0 Å². The molecule has 3 nitrogen and oxygen atoms in total. The van der Waals surface area contributed by atoms with E-state index in [0.29, 0.717) is 18.4 Å². The minimum atomic E-state index is 0.197. The Morgan fingerprint density at radius 2 is 1.90 bits per heavy atom. The van der Waals surface area contributed by atoms with Gasteiger partial charge in [-0.25, -0.2) is 0 Å². The minimum absolute atomic E-state index is 0.197. The van der Waals surface area contributed by atoms with E-state index >= 15 is 0 Å². The smallest absolute Gasteiger partial charge is 0.222 e. The molecule has 0 radical (unpaired) electrons. The first kappa shape index (κ1) is 14.6. The fourth-order valence-electron chi connectivity index (χ4n) is 3.81. The predicted molar refractivity (Wildman–Crippen MR) is 84.9 cm³/mol.